The first-order chi connectivity index (χ1) is 8.07. The van der Waals surface area contributed by atoms with E-state index in [-0.39, 0.29) is 24.0 Å². The quantitative estimate of drug-likeness (QED) is 0.786. The maximum atomic E-state index is 13.6. The predicted molar refractivity (Wildman–Crippen MR) is 62.5 cm³/mol. The molecule has 2 rings (SSSR count). The molecule has 0 spiro atoms. The third-order valence-electron chi connectivity index (χ3n) is 2.67. The molecule has 90 valence electrons. The molecule has 6 heteroatoms. The van der Waals surface area contributed by atoms with Crippen LogP contribution in [0.5, 0.6) is 0 Å². The summed E-state index contributed by atoms with van der Waals surface area (Å²) >= 11 is 0. The molecule has 0 aliphatic rings. The van der Waals surface area contributed by atoms with Crippen LogP contribution >= 0.6 is 0 Å². The lowest BCUT2D eigenvalue weighted by molar-refractivity contribution is 0.593. The molecule has 17 heavy (non-hydrogen) atoms. The van der Waals surface area contributed by atoms with E-state index >= 15 is 0 Å². The second-order valence-electron chi connectivity index (χ2n) is 3.72. The van der Waals surface area contributed by atoms with Crippen molar-refractivity contribution in [2.45, 2.75) is 6.54 Å². The molecule has 0 atom stereocenters. The van der Waals surface area contributed by atoms with Gasteiger partial charge in [0.05, 0.1) is 10.9 Å². The van der Waals surface area contributed by atoms with E-state index in [0.717, 1.165) is 9.13 Å². The summed E-state index contributed by atoms with van der Waals surface area (Å²) in [6, 6.07) is 4.15. The minimum atomic E-state index is -0.584. The van der Waals surface area contributed by atoms with Gasteiger partial charge in [0.2, 0.25) is 0 Å². The number of hydrogen-bond donors (Lipinski definition) is 1. The van der Waals surface area contributed by atoms with Crippen LogP contribution in [0.1, 0.15) is 0 Å². The summed E-state index contributed by atoms with van der Waals surface area (Å²) < 4.78 is 15.7. The van der Waals surface area contributed by atoms with E-state index in [4.69, 9.17) is 5.73 Å². The molecular formula is C11H12FN3O2. The van der Waals surface area contributed by atoms with Crippen LogP contribution < -0.4 is 17.0 Å². The van der Waals surface area contributed by atoms with Gasteiger partial charge in [-0.15, -0.1) is 0 Å². The van der Waals surface area contributed by atoms with Crippen LogP contribution in [-0.2, 0) is 13.6 Å². The number of fused-ring (bicyclic) bond motifs is 1. The van der Waals surface area contributed by atoms with Gasteiger partial charge in [0.25, 0.3) is 5.56 Å². The molecule has 0 aliphatic heterocycles. The van der Waals surface area contributed by atoms with Crippen LogP contribution in [0.2, 0.25) is 0 Å². The Morgan fingerprint density at radius 1 is 1.35 bits per heavy atom. The highest BCUT2D eigenvalue weighted by Crippen LogP contribution is 2.11. The number of nitrogens with two attached hydrogens (primary N) is 1. The molecule has 0 bridgehead atoms. The summed E-state index contributed by atoms with van der Waals surface area (Å²) in [5.41, 5.74) is 4.30. The van der Waals surface area contributed by atoms with Gasteiger partial charge in [-0.1, -0.05) is 6.07 Å². The largest absolute Gasteiger partial charge is 0.331 e. The molecule has 0 amide bonds. The Labute approximate surface area is 95.9 Å². The van der Waals surface area contributed by atoms with E-state index in [0.29, 0.717) is 0 Å². The lowest BCUT2D eigenvalue weighted by Crippen LogP contribution is -2.40. The van der Waals surface area contributed by atoms with Gasteiger partial charge >= 0.3 is 5.69 Å². The topological polar surface area (TPSA) is 70.0 Å². The normalized spacial score (nSPS) is 11.0. The summed E-state index contributed by atoms with van der Waals surface area (Å²) in [4.78, 5) is 23.8. The van der Waals surface area contributed by atoms with Gasteiger partial charge in [0.15, 0.2) is 0 Å². The van der Waals surface area contributed by atoms with Crippen LogP contribution in [0.25, 0.3) is 10.9 Å². The summed E-state index contributed by atoms with van der Waals surface area (Å²) in [5, 5.41) is 0.181. The molecule has 0 radical (unpaired) electrons. The van der Waals surface area contributed by atoms with Gasteiger partial charge < -0.3 is 5.73 Å². The van der Waals surface area contributed by atoms with Crippen LogP contribution in [0, 0.1) is 5.82 Å². The zero-order chi connectivity index (χ0) is 12.6. The average molecular weight is 237 g/mol. The molecular weight excluding hydrogens is 225 g/mol. The lowest BCUT2D eigenvalue weighted by Gasteiger charge is -2.10. The lowest BCUT2D eigenvalue weighted by atomic mass is 10.2. The second kappa shape index (κ2) is 4.14. The predicted octanol–water partition coefficient (Wildman–Crippen LogP) is -0.202. The van der Waals surface area contributed by atoms with Crippen LogP contribution in [-0.4, -0.2) is 15.7 Å². The van der Waals surface area contributed by atoms with Crippen molar-refractivity contribution in [3.63, 3.8) is 0 Å². The van der Waals surface area contributed by atoms with E-state index in [1.165, 1.54) is 25.2 Å². The molecule has 0 fully saturated rings. The Balaban J connectivity index is 3.01. The number of benzene rings is 1. The molecule has 1 aromatic carbocycles. The smallest absolute Gasteiger partial charge is 0.329 e. The van der Waals surface area contributed by atoms with Crippen molar-refractivity contribution < 1.29 is 4.39 Å². The first-order valence-electron chi connectivity index (χ1n) is 5.16. The van der Waals surface area contributed by atoms with Crippen molar-refractivity contribution in [3.05, 3.63) is 44.9 Å². The van der Waals surface area contributed by atoms with E-state index in [9.17, 15) is 14.0 Å². The van der Waals surface area contributed by atoms with Gasteiger partial charge in [-0.2, -0.15) is 0 Å². The Morgan fingerprint density at radius 3 is 2.71 bits per heavy atom. The number of nitrogens with zero attached hydrogens (tertiary/aromatic N) is 2. The van der Waals surface area contributed by atoms with Crippen molar-refractivity contribution in [1.82, 2.24) is 9.13 Å². The van der Waals surface area contributed by atoms with Gasteiger partial charge in [-0.3, -0.25) is 13.9 Å². The van der Waals surface area contributed by atoms with Crippen molar-refractivity contribution in [2.75, 3.05) is 6.54 Å². The molecule has 2 N–H and O–H groups in total. The number of para-hydroxylation sites is 1. The monoisotopic (exact) mass is 237 g/mol. The minimum absolute atomic E-state index is 0.0239. The molecule has 1 heterocycles. The Kier molecular flexibility index (Phi) is 2.81. The summed E-state index contributed by atoms with van der Waals surface area (Å²) in [5.74, 6) is -0.584. The van der Waals surface area contributed by atoms with Crippen molar-refractivity contribution >= 4 is 10.9 Å². The van der Waals surface area contributed by atoms with E-state index in [1.807, 2.05) is 0 Å². The van der Waals surface area contributed by atoms with E-state index in [1.54, 1.807) is 0 Å². The van der Waals surface area contributed by atoms with Gasteiger partial charge in [0.1, 0.15) is 5.82 Å². The minimum Gasteiger partial charge on any atom is -0.329 e. The van der Waals surface area contributed by atoms with Gasteiger partial charge in [-0.25, -0.2) is 9.18 Å². The molecule has 1 aromatic heterocycles. The number of rotatable bonds is 2. The fourth-order valence-corrected chi connectivity index (χ4v) is 1.86. The Hall–Kier alpha value is -1.95. The zero-order valence-corrected chi connectivity index (χ0v) is 9.31. The van der Waals surface area contributed by atoms with Crippen LogP contribution in [0.4, 0.5) is 4.39 Å². The van der Waals surface area contributed by atoms with Gasteiger partial charge in [-0.05, 0) is 12.1 Å². The van der Waals surface area contributed by atoms with E-state index in [2.05, 4.69) is 0 Å². The molecule has 0 saturated heterocycles. The Morgan fingerprint density at radius 2 is 2.06 bits per heavy atom. The third-order valence-corrected chi connectivity index (χ3v) is 2.67. The summed E-state index contributed by atoms with van der Waals surface area (Å²) in [6.45, 7) is 0.300. The summed E-state index contributed by atoms with van der Waals surface area (Å²) in [7, 11) is 1.43. The van der Waals surface area contributed by atoms with Gasteiger partial charge in [0, 0.05) is 20.1 Å². The van der Waals surface area contributed by atoms with Crippen LogP contribution in [0.3, 0.4) is 0 Å². The Bertz CT molecular complexity index is 687. The highest BCUT2D eigenvalue weighted by molar-refractivity contribution is 5.78. The standard InChI is InChI=1S/C11H12FN3O2/c1-14-9-7(3-2-4-8(9)12)10(16)15(6-5-13)11(14)17/h2-4H,5-6,13H2,1H3. The zero-order valence-electron chi connectivity index (χ0n) is 9.31. The highest BCUT2D eigenvalue weighted by Gasteiger charge is 2.12. The second-order valence-corrected chi connectivity index (χ2v) is 3.72. The maximum absolute atomic E-state index is 13.6. The highest BCUT2D eigenvalue weighted by atomic mass is 19.1. The maximum Gasteiger partial charge on any atom is 0.331 e. The van der Waals surface area contributed by atoms with Crippen molar-refractivity contribution in [2.24, 2.45) is 12.8 Å². The average Bonchev–Trinajstić information content (AvgIpc) is 2.31. The molecule has 0 aliphatic carbocycles. The number of aryl methyl sites for hydroxylation is 1. The van der Waals surface area contributed by atoms with Crippen molar-refractivity contribution in [3.8, 4) is 0 Å². The van der Waals surface area contributed by atoms with Crippen LogP contribution in [0.15, 0.2) is 27.8 Å². The first kappa shape index (κ1) is 11.5. The first-order valence-corrected chi connectivity index (χ1v) is 5.16. The van der Waals surface area contributed by atoms with Crippen molar-refractivity contribution in [1.29, 1.82) is 0 Å². The van der Waals surface area contributed by atoms with E-state index < -0.39 is 17.1 Å². The SMILES string of the molecule is Cn1c(=O)n(CCN)c(=O)c2cccc(F)c21. The number of halogens is 1. The number of aromatic nitrogens is 2. The number of hydrogen-bond acceptors (Lipinski definition) is 3. The fraction of sp³-hybridized carbons (Fsp3) is 0.273. The molecule has 0 unspecified atom stereocenters. The summed E-state index contributed by atoms with van der Waals surface area (Å²) in [6.07, 6.45) is 0. The molecule has 2 aromatic rings. The molecule has 5 nitrogen and oxygen atoms in total. The molecule has 0 saturated carbocycles. The fourth-order valence-electron chi connectivity index (χ4n) is 1.86. The third kappa shape index (κ3) is 1.66.